The molecule has 2 aliphatic heterocycles. The Morgan fingerprint density at radius 1 is 1.26 bits per heavy atom. The van der Waals surface area contributed by atoms with Crippen LogP contribution >= 0.6 is 0 Å². The highest BCUT2D eigenvalue weighted by Gasteiger charge is 2.31. The van der Waals surface area contributed by atoms with Gasteiger partial charge in [-0.15, -0.1) is 0 Å². The Bertz CT molecular complexity index is 499. The number of piperazine rings is 1. The van der Waals surface area contributed by atoms with Gasteiger partial charge in [-0.3, -0.25) is 19.7 Å². The molecule has 2 heterocycles. The number of hydrogen-bond donors (Lipinski definition) is 2. The van der Waals surface area contributed by atoms with Gasteiger partial charge in [0.15, 0.2) is 9.84 Å². The first-order chi connectivity index (χ1) is 8.85. The van der Waals surface area contributed by atoms with Gasteiger partial charge < -0.3 is 10.2 Å². The van der Waals surface area contributed by atoms with Gasteiger partial charge >= 0.3 is 0 Å². The Morgan fingerprint density at radius 3 is 2.47 bits per heavy atom. The largest absolute Gasteiger partial charge is 0.324 e. The molecular formula is C10H15N3O5S. The summed E-state index contributed by atoms with van der Waals surface area (Å²) in [6, 6.07) is -0.452. The van der Waals surface area contributed by atoms with Crippen molar-refractivity contribution in [2.75, 3.05) is 31.1 Å². The fourth-order valence-corrected chi connectivity index (χ4v) is 3.60. The number of nitrogens with zero attached hydrogens (tertiary/aromatic N) is 1. The van der Waals surface area contributed by atoms with Gasteiger partial charge in [0.1, 0.15) is 13.1 Å². The van der Waals surface area contributed by atoms with Crippen molar-refractivity contribution in [1.82, 2.24) is 15.5 Å². The van der Waals surface area contributed by atoms with E-state index in [0.717, 1.165) is 4.90 Å². The van der Waals surface area contributed by atoms with E-state index < -0.39 is 33.6 Å². The number of amides is 3. The molecule has 1 unspecified atom stereocenters. The molecule has 0 aromatic rings. The van der Waals surface area contributed by atoms with Gasteiger partial charge in [0.05, 0.1) is 11.5 Å². The van der Waals surface area contributed by atoms with Gasteiger partial charge in [-0.05, 0) is 0 Å². The maximum Gasteiger partial charge on any atom is 0.246 e. The van der Waals surface area contributed by atoms with Crippen LogP contribution in [0.3, 0.4) is 0 Å². The van der Waals surface area contributed by atoms with Crippen molar-refractivity contribution < 1.29 is 22.8 Å². The second kappa shape index (κ2) is 5.25. The van der Waals surface area contributed by atoms with E-state index in [4.69, 9.17) is 0 Å². The summed E-state index contributed by atoms with van der Waals surface area (Å²) in [5.41, 5.74) is 0. The number of carbonyl (C=O) groups is 3. The van der Waals surface area contributed by atoms with Crippen molar-refractivity contribution in [1.29, 1.82) is 0 Å². The van der Waals surface area contributed by atoms with Gasteiger partial charge in [0.25, 0.3) is 0 Å². The molecule has 0 aromatic carbocycles. The Hall–Kier alpha value is -1.48. The van der Waals surface area contributed by atoms with E-state index in [1.165, 1.54) is 0 Å². The molecule has 0 aromatic heterocycles. The van der Waals surface area contributed by atoms with Crippen LogP contribution in [0.1, 0.15) is 6.42 Å². The molecule has 0 bridgehead atoms. The summed E-state index contributed by atoms with van der Waals surface area (Å²) in [5.74, 6) is -1.45. The molecule has 1 atom stereocenters. The van der Waals surface area contributed by atoms with Crippen molar-refractivity contribution in [2.45, 2.75) is 12.5 Å². The SMILES string of the molecule is O=C1CN(C(=O)CC2CS(=O)(=O)CCN2)CC(=O)N1. The molecule has 0 spiro atoms. The Kier molecular flexibility index (Phi) is 3.85. The minimum Gasteiger partial charge on any atom is -0.324 e. The summed E-state index contributed by atoms with van der Waals surface area (Å²) in [7, 11) is -3.11. The fourth-order valence-electron chi connectivity index (χ4n) is 2.15. The Balaban J connectivity index is 1.93. The number of imide groups is 1. The lowest BCUT2D eigenvalue weighted by Crippen LogP contribution is -2.55. The van der Waals surface area contributed by atoms with Crippen LogP contribution in [0.5, 0.6) is 0 Å². The van der Waals surface area contributed by atoms with Gasteiger partial charge in [0, 0.05) is 19.0 Å². The molecule has 19 heavy (non-hydrogen) atoms. The van der Waals surface area contributed by atoms with Crippen LogP contribution in [0, 0.1) is 0 Å². The number of rotatable bonds is 2. The molecule has 106 valence electrons. The monoisotopic (exact) mass is 289 g/mol. The van der Waals surface area contributed by atoms with Crippen LogP contribution in [0.25, 0.3) is 0 Å². The lowest BCUT2D eigenvalue weighted by atomic mass is 10.2. The van der Waals surface area contributed by atoms with E-state index in [9.17, 15) is 22.8 Å². The van der Waals surface area contributed by atoms with Crippen molar-refractivity contribution in [3.63, 3.8) is 0 Å². The summed E-state index contributed by atoms with van der Waals surface area (Å²) in [6.45, 7) is -0.00617. The van der Waals surface area contributed by atoms with Gasteiger partial charge in [-0.2, -0.15) is 0 Å². The van der Waals surface area contributed by atoms with Gasteiger partial charge in [-0.1, -0.05) is 0 Å². The van der Waals surface area contributed by atoms with E-state index in [-0.39, 0.29) is 31.0 Å². The first kappa shape index (κ1) is 13.9. The molecule has 9 heteroatoms. The number of hydrogen-bond acceptors (Lipinski definition) is 6. The molecule has 0 saturated carbocycles. The summed E-state index contributed by atoms with van der Waals surface area (Å²) in [4.78, 5) is 35.4. The highest BCUT2D eigenvalue weighted by Crippen LogP contribution is 2.08. The van der Waals surface area contributed by atoms with Gasteiger partial charge in [0.2, 0.25) is 17.7 Å². The third kappa shape index (κ3) is 3.74. The minimum absolute atomic E-state index is 0.0280. The first-order valence-electron chi connectivity index (χ1n) is 5.90. The third-order valence-electron chi connectivity index (χ3n) is 3.02. The maximum atomic E-state index is 11.9. The van der Waals surface area contributed by atoms with Crippen LogP contribution in [-0.4, -0.2) is 68.2 Å². The number of sulfone groups is 1. The standard InChI is InChI=1S/C10H15N3O5S/c14-8-4-13(5-9(15)12-8)10(16)3-7-6-19(17,18)2-1-11-7/h7,11H,1-6H2,(H,12,14,15). The van der Waals surface area contributed by atoms with Crippen LogP contribution in [0.15, 0.2) is 0 Å². The summed E-state index contributed by atoms with van der Waals surface area (Å²) < 4.78 is 22.9. The first-order valence-corrected chi connectivity index (χ1v) is 7.72. The summed E-state index contributed by atoms with van der Waals surface area (Å²) in [6.07, 6.45) is -0.0280. The zero-order valence-electron chi connectivity index (χ0n) is 10.2. The van der Waals surface area contributed by atoms with Crippen LogP contribution in [-0.2, 0) is 24.2 Å². The molecule has 2 saturated heterocycles. The van der Waals surface area contributed by atoms with Crippen molar-refractivity contribution >= 4 is 27.6 Å². The molecule has 2 fully saturated rings. The minimum atomic E-state index is -3.11. The quantitative estimate of drug-likeness (QED) is 0.533. The second-order valence-corrected chi connectivity index (χ2v) is 6.92. The molecular weight excluding hydrogens is 274 g/mol. The zero-order valence-corrected chi connectivity index (χ0v) is 11.0. The van der Waals surface area contributed by atoms with Crippen molar-refractivity contribution in [3.8, 4) is 0 Å². The molecule has 2 aliphatic rings. The third-order valence-corrected chi connectivity index (χ3v) is 4.76. The Morgan fingerprint density at radius 2 is 1.89 bits per heavy atom. The van der Waals surface area contributed by atoms with E-state index >= 15 is 0 Å². The number of carbonyl (C=O) groups excluding carboxylic acids is 3. The predicted molar refractivity (Wildman–Crippen MR) is 64.8 cm³/mol. The van der Waals surface area contributed by atoms with Crippen molar-refractivity contribution in [3.05, 3.63) is 0 Å². The average Bonchev–Trinajstić information content (AvgIpc) is 2.26. The molecule has 2 N–H and O–H groups in total. The topological polar surface area (TPSA) is 113 Å². The normalized spacial score (nSPS) is 26.9. The molecule has 0 radical (unpaired) electrons. The van der Waals surface area contributed by atoms with Gasteiger partial charge in [-0.25, -0.2) is 8.42 Å². The molecule has 0 aliphatic carbocycles. The van der Waals surface area contributed by atoms with E-state index in [2.05, 4.69) is 10.6 Å². The predicted octanol–water partition coefficient (Wildman–Crippen LogP) is -2.75. The smallest absolute Gasteiger partial charge is 0.246 e. The van der Waals surface area contributed by atoms with E-state index in [0.29, 0.717) is 6.54 Å². The maximum absolute atomic E-state index is 11.9. The highest BCUT2D eigenvalue weighted by atomic mass is 32.2. The molecule has 3 amide bonds. The highest BCUT2D eigenvalue weighted by molar-refractivity contribution is 7.91. The second-order valence-electron chi connectivity index (χ2n) is 4.69. The molecule has 2 rings (SSSR count). The number of nitrogens with one attached hydrogen (secondary N) is 2. The zero-order chi connectivity index (χ0) is 14.0. The summed E-state index contributed by atoms with van der Waals surface area (Å²) >= 11 is 0. The van der Waals surface area contributed by atoms with Crippen molar-refractivity contribution in [2.24, 2.45) is 0 Å². The van der Waals surface area contributed by atoms with E-state index in [1.807, 2.05) is 0 Å². The lowest BCUT2D eigenvalue weighted by molar-refractivity contribution is -0.145. The van der Waals surface area contributed by atoms with Crippen LogP contribution < -0.4 is 10.6 Å². The summed E-state index contributed by atoms with van der Waals surface area (Å²) in [5, 5.41) is 5.05. The van der Waals surface area contributed by atoms with Crippen LogP contribution in [0.4, 0.5) is 0 Å². The lowest BCUT2D eigenvalue weighted by Gasteiger charge is -2.29. The van der Waals surface area contributed by atoms with E-state index in [1.54, 1.807) is 0 Å². The molecule has 8 nitrogen and oxygen atoms in total. The Labute approximate surface area is 110 Å². The fraction of sp³-hybridized carbons (Fsp3) is 0.700. The van der Waals surface area contributed by atoms with Crippen LogP contribution in [0.2, 0.25) is 0 Å². The average molecular weight is 289 g/mol.